The van der Waals surface area contributed by atoms with Gasteiger partial charge in [0.2, 0.25) is 0 Å². The smallest absolute Gasteiger partial charge is 0.157 e. The lowest BCUT2D eigenvalue weighted by Crippen LogP contribution is -1.99. The van der Waals surface area contributed by atoms with E-state index in [1.807, 2.05) is 11.2 Å². The van der Waals surface area contributed by atoms with Crippen LogP contribution in [0.5, 0.6) is 0 Å². The van der Waals surface area contributed by atoms with Gasteiger partial charge in [-0.1, -0.05) is 0 Å². The van der Waals surface area contributed by atoms with E-state index < -0.39 is 0 Å². The number of aromatic nitrogens is 4. The minimum absolute atomic E-state index is 0.515. The third-order valence-electron chi connectivity index (χ3n) is 0.739. The van der Waals surface area contributed by atoms with Crippen molar-refractivity contribution < 1.29 is 0 Å². The Balaban J connectivity index is 2.99. The van der Waals surface area contributed by atoms with Crippen LogP contribution in [0.15, 0.2) is 0 Å². The van der Waals surface area contributed by atoms with Crippen LogP contribution in [-0.2, 0) is 0 Å². The number of nitrogens with one attached hydrogen (secondary N) is 3. The molecule has 0 radical (unpaired) electrons. The number of nitrogens with zero attached hydrogens (tertiary/aromatic N) is 2. The molecule has 3 unspecified atom stereocenters. The molecule has 0 saturated carbocycles. The molecule has 1 aromatic rings. The molecule has 9 heteroatoms. The van der Waals surface area contributed by atoms with Gasteiger partial charge in [-0.2, -0.15) is 4.51 Å². The van der Waals surface area contributed by atoms with Crippen molar-refractivity contribution >= 4 is 34.0 Å². The number of hydrogen-bond acceptors (Lipinski definition) is 2. The molecule has 5 nitrogen and oxygen atoms in total. The molecular formula is CH9N5P4. The lowest BCUT2D eigenvalue weighted by atomic mass is 11.5. The Morgan fingerprint density at radius 1 is 1.60 bits per heavy atom. The average Bonchev–Trinajstić information content (AvgIpc) is 1.87. The SMILES string of the molecule is CNn1pn[pH][nH][pH][nH][pH]1. The molecule has 0 bridgehead atoms. The zero-order valence-corrected chi connectivity index (χ0v) is 9.24. The zero-order chi connectivity index (χ0) is 7.23. The van der Waals surface area contributed by atoms with E-state index in [0.29, 0.717) is 25.5 Å². The highest BCUT2D eigenvalue weighted by molar-refractivity contribution is 7.44. The summed E-state index contributed by atoms with van der Waals surface area (Å²) in [6.07, 6.45) is 0. The lowest BCUT2D eigenvalue weighted by molar-refractivity contribution is 1.14. The number of hydrogen-bond donors (Lipinski definition) is 3. The quantitative estimate of drug-likeness (QED) is 0.666. The Bertz CT molecular complexity index is 208. The van der Waals surface area contributed by atoms with Crippen molar-refractivity contribution in [2.24, 2.45) is 0 Å². The Kier molecular flexibility index (Phi) is 4.29. The van der Waals surface area contributed by atoms with Crippen molar-refractivity contribution in [1.29, 1.82) is 0 Å². The molecule has 0 aromatic carbocycles. The van der Waals surface area contributed by atoms with Crippen LogP contribution in [-0.4, -0.2) is 24.8 Å². The first-order valence-corrected chi connectivity index (χ1v) is 6.27. The summed E-state index contributed by atoms with van der Waals surface area (Å²) in [4.78, 5) is 0. The van der Waals surface area contributed by atoms with Gasteiger partial charge in [-0.3, -0.25) is 0 Å². The second-order valence-corrected chi connectivity index (χ2v) is 6.22. The van der Waals surface area contributed by atoms with E-state index in [0.717, 1.165) is 8.51 Å². The molecule has 58 valence electrons. The van der Waals surface area contributed by atoms with Crippen molar-refractivity contribution in [3.63, 3.8) is 0 Å². The van der Waals surface area contributed by atoms with Gasteiger partial charge in [0.1, 0.15) is 0 Å². The van der Waals surface area contributed by atoms with E-state index in [1.165, 1.54) is 0 Å². The first-order chi connectivity index (χ1) is 4.93. The van der Waals surface area contributed by atoms with E-state index >= 15 is 0 Å². The molecule has 1 heterocycles. The third kappa shape index (κ3) is 2.96. The van der Waals surface area contributed by atoms with E-state index in [2.05, 4.69) is 19.0 Å². The minimum Gasteiger partial charge on any atom is -0.313 e. The molecule has 0 aliphatic carbocycles. The summed E-state index contributed by atoms with van der Waals surface area (Å²) in [5.41, 5.74) is 3.03. The highest BCUT2D eigenvalue weighted by Gasteiger charge is 1.72. The van der Waals surface area contributed by atoms with Gasteiger partial charge in [-0.25, -0.2) is 9.63 Å². The Labute approximate surface area is 64.9 Å². The van der Waals surface area contributed by atoms with Gasteiger partial charge in [0.25, 0.3) is 0 Å². The molecule has 0 saturated heterocycles. The molecule has 0 aliphatic rings. The topological polar surface area (TPSA) is 61.4 Å². The van der Waals surface area contributed by atoms with E-state index in [4.69, 9.17) is 0 Å². The van der Waals surface area contributed by atoms with Crippen LogP contribution in [0.1, 0.15) is 0 Å². The van der Waals surface area contributed by atoms with Gasteiger partial charge in [0, 0.05) is 32.6 Å². The standard InChI is InChI=1S/CH9N5P4/c1-2-6-9-4-7-3-8-5-10-6/h2-4,7-9H,1H3. The summed E-state index contributed by atoms with van der Waals surface area (Å²) in [5, 5.41) is 0. The maximum absolute atomic E-state index is 4.21. The zero-order valence-electron chi connectivity index (χ0n) is 5.34. The summed E-state index contributed by atoms with van der Waals surface area (Å²) in [6.45, 7) is 0. The number of rotatable bonds is 1. The van der Waals surface area contributed by atoms with E-state index in [1.54, 1.807) is 0 Å². The van der Waals surface area contributed by atoms with Crippen molar-refractivity contribution in [1.82, 2.24) is 17.7 Å². The lowest BCUT2D eigenvalue weighted by Gasteiger charge is -1.95. The van der Waals surface area contributed by atoms with Gasteiger partial charge < -0.3 is 9.02 Å². The first-order valence-electron chi connectivity index (χ1n) is 2.57. The summed E-state index contributed by atoms with van der Waals surface area (Å²) >= 11 is 0. The van der Waals surface area contributed by atoms with Crippen LogP contribution in [0.3, 0.4) is 0 Å². The number of H-pyrrole nitrogens is 2. The maximum Gasteiger partial charge on any atom is 0.157 e. The van der Waals surface area contributed by atoms with Gasteiger partial charge >= 0.3 is 0 Å². The fraction of sp³-hybridized carbons (Fsp3) is 1.00. The molecule has 0 spiro atoms. The summed E-state index contributed by atoms with van der Waals surface area (Å²) < 4.78 is 12.6. The van der Waals surface area contributed by atoms with Crippen LogP contribution in [0.25, 0.3) is 0 Å². The van der Waals surface area contributed by atoms with Gasteiger partial charge in [-0.15, -0.1) is 0 Å². The highest BCUT2D eigenvalue weighted by Crippen LogP contribution is 2.06. The fourth-order valence-electron chi connectivity index (χ4n) is 0.355. The van der Waals surface area contributed by atoms with Gasteiger partial charge in [0.15, 0.2) is 8.51 Å². The first kappa shape index (κ1) is 8.46. The third-order valence-corrected chi connectivity index (χ3v) is 4.77. The molecule has 10 heavy (non-hydrogen) atoms. The second-order valence-electron chi connectivity index (χ2n) is 1.32. The molecule has 1 aromatic heterocycles. The maximum atomic E-state index is 4.21. The second kappa shape index (κ2) is 5.07. The Morgan fingerprint density at radius 3 is 3.30 bits per heavy atom. The predicted molar refractivity (Wildman–Crippen MR) is 52.5 cm³/mol. The minimum atomic E-state index is 0.515. The van der Waals surface area contributed by atoms with Crippen LogP contribution in [0, 0.1) is 0 Å². The Hall–Kier alpha value is 0.360. The molecule has 0 fully saturated rings. The molecule has 1 rings (SSSR count). The predicted octanol–water partition coefficient (Wildman–Crippen LogP) is 1.64. The monoisotopic (exact) mass is 215 g/mol. The van der Waals surface area contributed by atoms with Crippen LogP contribution >= 0.6 is 34.0 Å². The molecule has 0 amide bonds. The van der Waals surface area contributed by atoms with Gasteiger partial charge in [-0.05, 0) is 0 Å². The van der Waals surface area contributed by atoms with Crippen LogP contribution in [0.2, 0.25) is 0 Å². The summed E-state index contributed by atoms with van der Waals surface area (Å²) in [6, 6.07) is 0. The molecule has 3 N–H and O–H groups in total. The van der Waals surface area contributed by atoms with Crippen molar-refractivity contribution in [3.8, 4) is 0 Å². The van der Waals surface area contributed by atoms with E-state index in [9.17, 15) is 0 Å². The summed E-state index contributed by atoms with van der Waals surface area (Å²) in [7, 11) is 4.63. The fourth-order valence-corrected chi connectivity index (χ4v) is 4.46. The van der Waals surface area contributed by atoms with Gasteiger partial charge in [0.05, 0.1) is 0 Å². The van der Waals surface area contributed by atoms with Crippen molar-refractivity contribution in [2.45, 2.75) is 0 Å². The highest BCUT2D eigenvalue weighted by atomic mass is 31.1. The molecular weight excluding hydrogens is 206 g/mol. The molecule has 0 aliphatic heterocycles. The summed E-state index contributed by atoms with van der Waals surface area (Å²) in [5.74, 6) is 0. The normalized spacial score (nSPS) is 12.1. The largest absolute Gasteiger partial charge is 0.313 e. The molecule has 3 atom stereocenters. The van der Waals surface area contributed by atoms with Crippen molar-refractivity contribution in [2.75, 3.05) is 12.5 Å². The Morgan fingerprint density at radius 2 is 2.50 bits per heavy atom. The van der Waals surface area contributed by atoms with Crippen LogP contribution in [0.4, 0.5) is 0 Å². The average molecular weight is 215 g/mol. The van der Waals surface area contributed by atoms with Crippen molar-refractivity contribution in [3.05, 3.63) is 0 Å². The van der Waals surface area contributed by atoms with Crippen LogP contribution < -0.4 is 5.43 Å². The van der Waals surface area contributed by atoms with E-state index in [-0.39, 0.29) is 0 Å². The number of aromatic amines is 2.